The Morgan fingerprint density at radius 1 is 0.765 bits per heavy atom. The summed E-state index contributed by atoms with van der Waals surface area (Å²) < 4.78 is 0. The number of hydrogen-bond donors (Lipinski definition) is 1. The van der Waals surface area contributed by atoms with Crippen LogP contribution in [-0.4, -0.2) is 60.4 Å². The fourth-order valence-electron chi connectivity index (χ4n) is 4.75. The van der Waals surface area contributed by atoms with Crippen LogP contribution in [0.25, 0.3) is 0 Å². The number of rotatable bonds is 8. The van der Waals surface area contributed by atoms with Gasteiger partial charge in [0.25, 0.3) is 0 Å². The van der Waals surface area contributed by atoms with E-state index in [0.29, 0.717) is 5.95 Å². The molecule has 2 saturated heterocycles. The monoisotopic (exact) mass is 464 g/mol. The van der Waals surface area contributed by atoms with Crippen LogP contribution < -0.4 is 20.1 Å². The predicted octanol–water partition coefficient (Wildman–Crippen LogP) is 4.92. The molecule has 2 aromatic rings. The molecule has 1 aromatic carbocycles. The minimum absolute atomic E-state index is 0.518. The van der Waals surface area contributed by atoms with Crippen LogP contribution in [0.2, 0.25) is 0 Å². The van der Waals surface area contributed by atoms with Crippen LogP contribution in [0.5, 0.6) is 0 Å². The summed E-state index contributed by atoms with van der Waals surface area (Å²) in [5.74, 6) is 2.07. The highest BCUT2D eigenvalue weighted by molar-refractivity contribution is 5.80. The molecule has 1 N–H and O–H groups in total. The van der Waals surface area contributed by atoms with Crippen LogP contribution in [-0.2, 0) is 0 Å². The van der Waals surface area contributed by atoms with Crippen molar-refractivity contribution in [1.29, 1.82) is 0 Å². The first kappa shape index (κ1) is 24.2. The van der Waals surface area contributed by atoms with Crippen molar-refractivity contribution >= 4 is 29.7 Å². The first-order valence-corrected chi connectivity index (χ1v) is 13.2. The Balaban J connectivity index is 1.51. The van der Waals surface area contributed by atoms with Gasteiger partial charge in [-0.15, -0.1) is 0 Å². The van der Waals surface area contributed by atoms with Crippen molar-refractivity contribution in [2.45, 2.75) is 65.2 Å². The Morgan fingerprint density at radius 3 is 1.74 bits per heavy atom. The number of aromatic nitrogens is 3. The Labute approximate surface area is 204 Å². The lowest BCUT2D eigenvalue weighted by molar-refractivity contribution is 0.726. The van der Waals surface area contributed by atoms with Crippen LogP contribution in [0.3, 0.4) is 0 Å². The second-order valence-electron chi connectivity index (χ2n) is 9.20. The minimum Gasteiger partial charge on any atom is -0.372 e. The van der Waals surface area contributed by atoms with E-state index in [2.05, 4.69) is 63.3 Å². The van der Waals surface area contributed by atoms with Gasteiger partial charge in [-0.2, -0.15) is 20.1 Å². The molecule has 0 unspecified atom stereocenters. The molecule has 184 valence electrons. The molecule has 0 saturated carbocycles. The number of anilines is 4. The minimum atomic E-state index is 0.518. The lowest BCUT2D eigenvalue weighted by atomic mass is 10.2. The molecule has 0 bridgehead atoms. The van der Waals surface area contributed by atoms with E-state index in [0.717, 1.165) is 56.7 Å². The van der Waals surface area contributed by atoms with Crippen molar-refractivity contribution in [3.05, 3.63) is 29.8 Å². The van der Waals surface area contributed by atoms with Gasteiger partial charge in [0.2, 0.25) is 17.8 Å². The molecule has 2 fully saturated rings. The summed E-state index contributed by atoms with van der Waals surface area (Å²) in [6.07, 6.45) is 11.7. The second-order valence-corrected chi connectivity index (χ2v) is 9.20. The van der Waals surface area contributed by atoms with E-state index >= 15 is 0 Å². The normalized spacial score (nSPS) is 17.5. The molecule has 2 aliphatic heterocycles. The first-order valence-electron chi connectivity index (χ1n) is 13.2. The van der Waals surface area contributed by atoms with Gasteiger partial charge in [0, 0.05) is 45.0 Å². The highest BCUT2D eigenvalue weighted by atomic mass is 15.4. The van der Waals surface area contributed by atoms with Crippen molar-refractivity contribution in [2.24, 2.45) is 5.10 Å². The third-order valence-corrected chi connectivity index (χ3v) is 6.79. The van der Waals surface area contributed by atoms with Crippen molar-refractivity contribution in [3.8, 4) is 0 Å². The van der Waals surface area contributed by atoms with Gasteiger partial charge >= 0.3 is 0 Å². The molecule has 8 nitrogen and oxygen atoms in total. The van der Waals surface area contributed by atoms with Crippen LogP contribution in [0.1, 0.15) is 70.8 Å². The van der Waals surface area contributed by atoms with Gasteiger partial charge in [0.15, 0.2) is 0 Å². The van der Waals surface area contributed by atoms with E-state index in [1.807, 2.05) is 6.21 Å². The van der Waals surface area contributed by atoms with Gasteiger partial charge in [-0.3, -0.25) is 0 Å². The van der Waals surface area contributed by atoms with Crippen molar-refractivity contribution in [1.82, 2.24) is 15.0 Å². The number of hydrogen-bond acceptors (Lipinski definition) is 8. The zero-order valence-corrected chi connectivity index (χ0v) is 20.9. The molecule has 1 aromatic heterocycles. The fourth-order valence-corrected chi connectivity index (χ4v) is 4.75. The molecular formula is C26H40N8. The molecule has 0 spiro atoms. The van der Waals surface area contributed by atoms with Crippen molar-refractivity contribution in [2.75, 3.05) is 59.4 Å². The maximum atomic E-state index is 4.91. The van der Waals surface area contributed by atoms with Gasteiger partial charge in [-0.1, -0.05) is 37.8 Å². The molecule has 3 heterocycles. The van der Waals surface area contributed by atoms with E-state index in [1.165, 1.54) is 57.1 Å². The zero-order valence-electron chi connectivity index (χ0n) is 20.9. The molecule has 0 atom stereocenters. The van der Waals surface area contributed by atoms with Gasteiger partial charge in [0.1, 0.15) is 0 Å². The molecule has 4 rings (SSSR count). The van der Waals surface area contributed by atoms with Gasteiger partial charge < -0.3 is 14.7 Å². The first-order chi connectivity index (χ1) is 16.8. The molecule has 34 heavy (non-hydrogen) atoms. The topological polar surface area (TPSA) is 72.8 Å². The zero-order chi connectivity index (χ0) is 23.6. The summed E-state index contributed by atoms with van der Waals surface area (Å²) in [5, 5.41) is 4.46. The van der Waals surface area contributed by atoms with Crippen molar-refractivity contribution in [3.63, 3.8) is 0 Å². The van der Waals surface area contributed by atoms with E-state index in [1.54, 1.807) is 0 Å². The average Bonchev–Trinajstić information content (AvgIpc) is 3.32. The maximum Gasteiger partial charge on any atom is 0.250 e. The largest absolute Gasteiger partial charge is 0.372 e. The molecule has 2 aliphatic rings. The molecule has 8 heteroatoms. The van der Waals surface area contributed by atoms with Gasteiger partial charge in [0.05, 0.1) is 6.21 Å². The Bertz CT molecular complexity index is 855. The Morgan fingerprint density at radius 2 is 1.26 bits per heavy atom. The standard InChI is InChI=1S/C26H40N8/c1-3-32(4-2)23-15-13-22(14-16-23)21-27-31-24-28-25(33-17-9-5-6-10-18-33)30-26(29-24)34-19-11-7-8-12-20-34/h13-16,21H,3-12,17-20H2,1-2H3,(H,28,29,30,31)/b27-21+. The lowest BCUT2D eigenvalue weighted by Gasteiger charge is -2.24. The molecule has 0 amide bonds. The third-order valence-electron chi connectivity index (χ3n) is 6.79. The SMILES string of the molecule is CCN(CC)c1ccc(/C=N/Nc2nc(N3CCCCCC3)nc(N3CCCCCC3)n2)cc1. The molecular weight excluding hydrogens is 424 g/mol. The Kier molecular flexibility index (Phi) is 8.93. The van der Waals surface area contributed by atoms with Crippen LogP contribution >= 0.6 is 0 Å². The van der Waals surface area contributed by atoms with E-state index in [4.69, 9.17) is 15.0 Å². The average molecular weight is 465 g/mol. The highest BCUT2D eigenvalue weighted by Crippen LogP contribution is 2.22. The number of nitrogens with one attached hydrogen (secondary N) is 1. The third kappa shape index (κ3) is 6.58. The van der Waals surface area contributed by atoms with Crippen LogP contribution in [0, 0.1) is 0 Å². The summed E-state index contributed by atoms with van der Waals surface area (Å²) in [4.78, 5) is 21.4. The molecule has 0 aliphatic carbocycles. The van der Waals surface area contributed by atoms with E-state index < -0.39 is 0 Å². The van der Waals surface area contributed by atoms with Crippen LogP contribution in [0.15, 0.2) is 29.4 Å². The summed E-state index contributed by atoms with van der Waals surface area (Å²) >= 11 is 0. The van der Waals surface area contributed by atoms with E-state index in [9.17, 15) is 0 Å². The van der Waals surface area contributed by atoms with Crippen LogP contribution in [0.4, 0.5) is 23.5 Å². The Hall–Kier alpha value is -2.90. The summed E-state index contributed by atoms with van der Waals surface area (Å²) in [6.45, 7) is 10.4. The second kappa shape index (κ2) is 12.5. The number of nitrogens with zero attached hydrogens (tertiary/aromatic N) is 7. The summed E-state index contributed by atoms with van der Waals surface area (Å²) in [7, 11) is 0. The predicted molar refractivity (Wildman–Crippen MR) is 142 cm³/mol. The fraction of sp³-hybridized carbons (Fsp3) is 0.615. The van der Waals surface area contributed by atoms with Gasteiger partial charge in [-0.25, -0.2) is 5.43 Å². The quantitative estimate of drug-likeness (QED) is 0.439. The summed E-state index contributed by atoms with van der Waals surface area (Å²) in [5.41, 5.74) is 5.36. The number of hydrazone groups is 1. The lowest BCUT2D eigenvalue weighted by Crippen LogP contribution is -2.30. The smallest absolute Gasteiger partial charge is 0.250 e. The van der Waals surface area contributed by atoms with Crippen molar-refractivity contribution < 1.29 is 0 Å². The van der Waals surface area contributed by atoms with E-state index in [-0.39, 0.29) is 0 Å². The van der Waals surface area contributed by atoms with Gasteiger partial charge in [-0.05, 0) is 57.2 Å². The number of benzene rings is 1. The summed E-state index contributed by atoms with van der Waals surface area (Å²) in [6, 6.07) is 8.48. The highest BCUT2D eigenvalue weighted by Gasteiger charge is 2.19. The molecule has 0 radical (unpaired) electrons. The maximum absolute atomic E-state index is 4.91.